The number of nitrogens with zero attached hydrogens (tertiary/aromatic N) is 3. The largest absolute Gasteiger partial charge is 0.351 e. The van der Waals surface area contributed by atoms with Gasteiger partial charge in [-0.25, -0.2) is 0 Å². The first-order chi connectivity index (χ1) is 13.0. The molecule has 0 saturated carbocycles. The molecular formula is C19H22N4O4. The third kappa shape index (κ3) is 5.24. The van der Waals surface area contributed by atoms with Crippen molar-refractivity contribution in [3.8, 4) is 0 Å². The molecule has 0 spiro atoms. The van der Waals surface area contributed by atoms with E-state index in [4.69, 9.17) is 0 Å². The fourth-order valence-electron chi connectivity index (χ4n) is 3.34. The first kappa shape index (κ1) is 18.8. The summed E-state index contributed by atoms with van der Waals surface area (Å²) in [7, 11) is 0. The molecule has 1 aromatic carbocycles. The quantitative estimate of drug-likeness (QED) is 0.614. The van der Waals surface area contributed by atoms with Crippen LogP contribution >= 0.6 is 0 Å². The number of nitro groups is 1. The molecule has 1 unspecified atom stereocenters. The van der Waals surface area contributed by atoms with Gasteiger partial charge >= 0.3 is 0 Å². The second-order valence-electron chi connectivity index (χ2n) is 6.74. The van der Waals surface area contributed by atoms with Crippen molar-refractivity contribution in [2.24, 2.45) is 0 Å². The molecule has 0 bridgehead atoms. The summed E-state index contributed by atoms with van der Waals surface area (Å²) in [5.74, 6) is -0.316. The minimum Gasteiger partial charge on any atom is -0.351 e. The van der Waals surface area contributed by atoms with Crippen molar-refractivity contribution < 1.29 is 9.72 Å². The summed E-state index contributed by atoms with van der Waals surface area (Å²) in [6.07, 6.45) is 2.96. The highest BCUT2D eigenvalue weighted by molar-refractivity contribution is 5.76. The molecule has 1 atom stereocenters. The van der Waals surface area contributed by atoms with Gasteiger partial charge in [0.2, 0.25) is 5.91 Å². The summed E-state index contributed by atoms with van der Waals surface area (Å²) in [5, 5.41) is 13.8. The predicted molar refractivity (Wildman–Crippen MR) is 100 cm³/mol. The van der Waals surface area contributed by atoms with E-state index >= 15 is 0 Å². The van der Waals surface area contributed by atoms with E-state index in [9.17, 15) is 19.7 Å². The second kappa shape index (κ2) is 8.59. The number of likely N-dealkylation sites (tertiary alicyclic amines) is 1. The van der Waals surface area contributed by atoms with Crippen LogP contribution in [-0.2, 0) is 17.9 Å². The number of hydrogen-bond donors (Lipinski definition) is 1. The fourth-order valence-corrected chi connectivity index (χ4v) is 3.34. The van der Waals surface area contributed by atoms with Crippen LogP contribution in [0.1, 0.15) is 18.4 Å². The highest BCUT2D eigenvalue weighted by Gasteiger charge is 2.22. The van der Waals surface area contributed by atoms with Gasteiger partial charge in [0.05, 0.1) is 11.1 Å². The maximum Gasteiger partial charge on any atom is 0.285 e. The van der Waals surface area contributed by atoms with Gasteiger partial charge in [-0.15, -0.1) is 0 Å². The van der Waals surface area contributed by atoms with Gasteiger partial charge in [0, 0.05) is 31.3 Å². The minimum absolute atomic E-state index is 0.00404. The van der Waals surface area contributed by atoms with E-state index in [1.165, 1.54) is 5.56 Å². The molecular weight excluding hydrogens is 348 g/mol. The average Bonchev–Trinajstić information content (AvgIpc) is 2.64. The van der Waals surface area contributed by atoms with E-state index in [1.807, 2.05) is 18.2 Å². The minimum atomic E-state index is -0.587. The van der Waals surface area contributed by atoms with Crippen molar-refractivity contribution in [3.63, 3.8) is 0 Å². The molecule has 2 heterocycles. The van der Waals surface area contributed by atoms with Crippen LogP contribution in [0.15, 0.2) is 53.5 Å². The molecule has 0 radical (unpaired) electrons. The van der Waals surface area contributed by atoms with Crippen LogP contribution in [0.2, 0.25) is 0 Å². The van der Waals surface area contributed by atoms with Crippen molar-refractivity contribution in [2.75, 3.05) is 13.1 Å². The molecule has 1 aromatic heterocycles. The summed E-state index contributed by atoms with van der Waals surface area (Å²) in [6.45, 7) is 2.32. The Morgan fingerprint density at radius 1 is 1.22 bits per heavy atom. The van der Waals surface area contributed by atoms with Gasteiger partial charge < -0.3 is 5.32 Å². The van der Waals surface area contributed by atoms with Gasteiger partial charge in [-0.1, -0.05) is 30.3 Å². The lowest BCUT2D eigenvalue weighted by molar-refractivity contribution is -0.385. The van der Waals surface area contributed by atoms with E-state index < -0.39 is 10.5 Å². The molecule has 27 heavy (non-hydrogen) atoms. The van der Waals surface area contributed by atoms with E-state index in [1.54, 1.807) is 0 Å². The molecule has 2 aromatic rings. The summed E-state index contributed by atoms with van der Waals surface area (Å²) >= 11 is 0. The van der Waals surface area contributed by atoms with Gasteiger partial charge in [-0.2, -0.15) is 0 Å². The smallest absolute Gasteiger partial charge is 0.285 e. The van der Waals surface area contributed by atoms with E-state index in [2.05, 4.69) is 22.3 Å². The van der Waals surface area contributed by atoms with E-state index in [0.717, 1.165) is 55.4 Å². The molecule has 1 aliphatic heterocycles. The Morgan fingerprint density at radius 3 is 2.74 bits per heavy atom. The zero-order chi connectivity index (χ0) is 19.2. The number of amides is 1. The average molecular weight is 370 g/mol. The highest BCUT2D eigenvalue weighted by Crippen LogP contribution is 2.14. The summed E-state index contributed by atoms with van der Waals surface area (Å²) < 4.78 is 1.07. The number of hydrogen-bond acceptors (Lipinski definition) is 5. The number of benzene rings is 1. The molecule has 8 nitrogen and oxygen atoms in total. The van der Waals surface area contributed by atoms with Crippen molar-refractivity contribution in [2.45, 2.75) is 32.0 Å². The Morgan fingerprint density at radius 2 is 2.00 bits per heavy atom. The lowest BCUT2D eigenvalue weighted by atomic mass is 10.0. The van der Waals surface area contributed by atoms with Crippen LogP contribution in [0, 0.1) is 10.1 Å². The highest BCUT2D eigenvalue weighted by atomic mass is 16.6. The SMILES string of the molecule is O=C(Cn1cc([N+](=O)[O-])ccc1=O)NC1CCCN(Cc2ccccc2)C1. The number of nitrogens with one attached hydrogen (secondary N) is 1. The monoisotopic (exact) mass is 370 g/mol. The zero-order valence-corrected chi connectivity index (χ0v) is 14.9. The van der Waals surface area contributed by atoms with Crippen LogP contribution in [0.25, 0.3) is 0 Å². The van der Waals surface area contributed by atoms with Crippen LogP contribution < -0.4 is 10.9 Å². The first-order valence-corrected chi connectivity index (χ1v) is 8.92. The number of rotatable bonds is 6. The van der Waals surface area contributed by atoms with E-state index in [0.29, 0.717) is 0 Å². The molecule has 0 aliphatic carbocycles. The molecule has 1 amide bonds. The van der Waals surface area contributed by atoms with E-state index in [-0.39, 0.29) is 24.2 Å². The zero-order valence-electron chi connectivity index (χ0n) is 14.9. The standard InChI is InChI=1S/C19H22N4O4/c24-18(14-22-13-17(23(26)27)8-9-19(22)25)20-16-7-4-10-21(12-16)11-15-5-2-1-3-6-15/h1-3,5-6,8-9,13,16H,4,7,10-12,14H2,(H,20,24). The third-order valence-corrected chi connectivity index (χ3v) is 4.61. The van der Waals surface area contributed by atoms with Crippen LogP contribution in [-0.4, -0.2) is 39.4 Å². The molecule has 1 aliphatic rings. The summed E-state index contributed by atoms with van der Waals surface area (Å²) in [4.78, 5) is 36.7. The molecule has 3 rings (SSSR count). The second-order valence-corrected chi connectivity index (χ2v) is 6.74. The van der Waals surface area contributed by atoms with Crippen molar-refractivity contribution in [3.05, 3.63) is 74.7 Å². The molecule has 142 valence electrons. The number of pyridine rings is 1. The number of piperidine rings is 1. The Hall–Kier alpha value is -3.00. The molecule has 1 fully saturated rings. The predicted octanol–water partition coefficient (Wildman–Crippen LogP) is 1.54. The van der Waals surface area contributed by atoms with Gasteiger partial charge in [0.1, 0.15) is 6.54 Å². The molecule has 1 N–H and O–H groups in total. The lowest BCUT2D eigenvalue weighted by Gasteiger charge is -2.33. The number of carbonyl (C=O) groups is 1. The molecule has 8 heteroatoms. The number of carbonyl (C=O) groups excluding carboxylic acids is 1. The first-order valence-electron chi connectivity index (χ1n) is 8.92. The summed E-state index contributed by atoms with van der Waals surface area (Å²) in [5.41, 5.74) is 0.576. The van der Waals surface area contributed by atoms with Crippen molar-refractivity contribution >= 4 is 11.6 Å². The summed E-state index contributed by atoms with van der Waals surface area (Å²) in [6, 6.07) is 12.4. The lowest BCUT2D eigenvalue weighted by Crippen LogP contribution is -2.48. The maximum absolute atomic E-state index is 12.3. The Bertz CT molecular complexity index is 866. The van der Waals surface area contributed by atoms with Gasteiger partial charge in [-0.05, 0) is 24.9 Å². The Balaban J connectivity index is 1.57. The van der Waals surface area contributed by atoms with Crippen molar-refractivity contribution in [1.29, 1.82) is 0 Å². The maximum atomic E-state index is 12.3. The molecule has 1 saturated heterocycles. The topological polar surface area (TPSA) is 97.5 Å². The fraction of sp³-hybridized carbons (Fsp3) is 0.368. The van der Waals surface area contributed by atoms with Crippen molar-refractivity contribution in [1.82, 2.24) is 14.8 Å². The van der Waals surface area contributed by atoms with Crippen LogP contribution in [0.3, 0.4) is 0 Å². The van der Waals surface area contributed by atoms with Gasteiger partial charge in [0.15, 0.2) is 0 Å². The third-order valence-electron chi connectivity index (χ3n) is 4.61. The van der Waals surface area contributed by atoms with Crippen LogP contribution in [0.5, 0.6) is 0 Å². The Labute approximate surface area is 156 Å². The number of aromatic nitrogens is 1. The normalized spacial score (nSPS) is 17.4. The van der Waals surface area contributed by atoms with Gasteiger partial charge in [-0.3, -0.25) is 29.2 Å². The van der Waals surface area contributed by atoms with Crippen LogP contribution in [0.4, 0.5) is 5.69 Å². The Kier molecular flexibility index (Phi) is 5.97. The van der Waals surface area contributed by atoms with Gasteiger partial charge in [0.25, 0.3) is 11.2 Å².